The van der Waals surface area contributed by atoms with Crippen LogP contribution in [0.15, 0.2) is 48.5 Å². The molecule has 1 saturated carbocycles. The van der Waals surface area contributed by atoms with Gasteiger partial charge in [0.2, 0.25) is 0 Å². The van der Waals surface area contributed by atoms with Gasteiger partial charge in [0.25, 0.3) is 5.91 Å². The summed E-state index contributed by atoms with van der Waals surface area (Å²) in [7, 11) is 1.53. The van der Waals surface area contributed by atoms with E-state index in [0.29, 0.717) is 11.7 Å². The quantitative estimate of drug-likeness (QED) is 0.890. The molecule has 2 aromatic rings. The summed E-state index contributed by atoms with van der Waals surface area (Å²) in [6, 6.07) is 14.6. The first kappa shape index (κ1) is 14.4. The van der Waals surface area contributed by atoms with Crippen LogP contribution in [-0.4, -0.2) is 18.1 Å². The first-order valence-electron chi connectivity index (χ1n) is 7.42. The highest BCUT2D eigenvalue weighted by Gasteiger charge is 2.33. The van der Waals surface area contributed by atoms with Crippen LogP contribution in [0, 0.1) is 5.92 Å². The van der Waals surface area contributed by atoms with Crippen molar-refractivity contribution in [2.24, 2.45) is 5.92 Å². The van der Waals surface area contributed by atoms with E-state index in [2.05, 4.69) is 5.32 Å². The SMILES string of the molecule is COc1ccc(O)c(C(=O)NC(c2ccccc2)C2CC2)c1. The van der Waals surface area contributed by atoms with Gasteiger partial charge >= 0.3 is 0 Å². The summed E-state index contributed by atoms with van der Waals surface area (Å²) in [4.78, 5) is 12.5. The van der Waals surface area contributed by atoms with E-state index < -0.39 is 0 Å². The predicted octanol–water partition coefficient (Wildman–Crippen LogP) is 3.28. The van der Waals surface area contributed by atoms with Crippen LogP contribution in [0.3, 0.4) is 0 Å². The number of aromatic hydroxyl groups is 1. The number of rotatable bonds is 5. The number of phenolic OH excluding ortho intramolecular Hbond substituents is 1. The third-order valence-electron chi connectivity index (χ3n) is 3.99. The van der Waals surface area contributed by atoms with Crippen LogP contribution in [0.5, 0.6) is 11.5 Å². The lowest BCUT2D eigenvalue weighted by Crippen LogP contribution is -2.29. The predicted molar refractivity (Wildman–Crippen MR) is 84.0 cm³/mol. The van der Waals surface area contributed by atoms with E-state index in [1.165, 1.54) is 13.2 Å². The Morgan fingerprint density at radius 1 is 1.23 bits per heavy atom. The van der Waals surface area contributed by atoms with Gasteiger partial charge in [-0.2, -0.15) is 0 Å². The van der Waals surface area contributed by atoms with E-state index in [0.717, 1.165) is 18.4 Å². The average molecular weight is 297 g/mol. The Labute approximate surface area is 129 Å². The van der Waals surface area contributed by atoms with Crippen LogP contribution in [0.4, 0.5) is 0 Å². The van der Waals surface area contributed by atoms with Crippen LogP contribution in [0.2, 0.25) is 0 Å². The van der Waals surface area contributed by atoms with E-state index >= 15 is 0 Å². The molecule has 0 aromatic heterocycles. The van der Waals surface area contributed by atoms with Gasteiger partial charge in [-0.3, -0.25) is 4.79 Å². The maximum absolute atomic E-state index is 12.5. The second-order valence-electron chi connectivity index (χ2n) is 5.58. The van der Waals surface area contributed by atoms with Crippen molar-refractivity contribution >= 4 is 5.91 Å². The number of phenols is 1. The molecule has 2 aromatic carbocycles. The van der Waals surface area contributed by atoms with Gasteiger partial charge in [0.05, 0.1) is 18.7 Å². The van der Waals surface area contributed by atoms with Crippen LogP contribution < -0.4 is 10.1 Å². The average Bonchev–Trinajstić information content (AvgIpc) is 3.38. The maximum atomic E-state index is 12.5. The van der Waals surface area contributed by atoms with E-state index in [4.69, 9.17) is 4.74 Å². The number of hydrogen-bond acceptors (Lipinski definition) is 3. The minimum Gasteiger partial charge on any atom is -0.507 e. The molecule has 1 atom stereocenters. The topological polar surface area (TPSA) is 58.6 Å². The van der Waals surface area contributed by atoms with E-state index in [9.17, 15) is 9.90 Å². The Morgan fingerprint density at radius 3 is 2.59 bits per heavy atom. The zero-order valence-electron chi connectivity index (χ0n) is 12.5. The van der Waals surface area contributed by atoms with Gasteiger partial charge in [0, 0.05) is 0 Å². The zero-order valence-corrected chi connectivity index (χ0v) is 12.5. The number of carbonyl (C=O) groups is 1. The molecule has 1 aliphatic carbocycles. The van der Waals surface area contributed by atoms with Gasteiger partial charge in [-0.15, -0.1) is 0 Å². The minimum absolute atomic E-state index is 0.0145. The fourth-order valence-electron chi connectivity index (χ4n) is 2.61. The van der Waals surface area contributed by atoms with Gasteiger partial charge in [0.15, 0.2) is 0 Å². The van der Waals surface area contributed by atoms with Crippen molar-refractivity contribution in [2.75, 3.05) is 7.11 Å². The van der Waals surface area contributed by atoms with E-state index in [1.54, 1.807) is 12.1 Å². The van der Waals surface area contributed by atoms with Gasteiger partial charge in [0.1, 0.15) is 11.5 Å². The summed E-state index contributed by atoms with van der Waals surface area (Å²) in [5.41, 5.74) is 1.33. The first-order chi connectivity index (χ1) is 10.7. The number of hydrogen-bond donors (Lipinski definition) is 2. The van der Waals surface area contributed by atoms with Crippen LogP contribution in [0.1, 0.15) is 34.8 Å². The normalized spacial score (nSPS) is 15.1. The van der Waals surface area contributed by atoms with Crippen molar-refractivity contribution in [2.45, 2.75) is 18.9 Å². The minimum atomic E-state index is -0.280. The summed E-state index contributed by atoms with van der Waals surface area (Å²) in [6.07, 6.45) is 2.23. The zero-order chi connectivity index (χ0) is 15.5. The van der Waals surface area contributed by atoms with Gasteiger partial charge < -0.3 is 15.2 Å². The Balaban J connectivity index is 1.83. The second-order valence-corrected chi connectivity index (χ2v) is 5.58. The Hall–Kier alpha value is -2.49. The molecular weight excluding hydrogens is 278 g/mol. The highest BCUT2D eigenvalue weighted by atomic mass is 16.5. The fraction of sp³-hybridized carbons (Fsp3) is 0.278. The van der Waals surface area contributed by atoms with E-state index in [-0.39, 0.29) is 23.3 Å². The second kappa shape index (κ2) is 6.10. The summed E-state index contributed by atoms with van der Waals surface area (Å²) in [5.74, 6) is 0.697. The van der Waals surface area contributed by atoms with Crippen molar-refractivity contribution in [3.63, 3.8) is 0 Å². The van der Waals surface area contributed by atoms with Crippen LogP contribution >= 0.6 is 0 Å². The molecule has 1 unspecified atom stereocenters. The molecule has 0 aliphatic heterocycles. The molecule has 2 N–H and O–H groups in total. The van der Waals surface area contributed by atoms with Gasteiger partial charge in [-0.25, -0.2) is 0 Å². The molecule has 0 heterocycles. The summed E-state index contributed by atoms with van der Waals surface area (Å²) in [5, 5.41) is 13.0. The van der Waals surface area contributed by atoms with Crippen molar-refractivity contribution in [1.29, 1.82) is 0 Å². The summed E-state index contributed by atoms with van der Waals surface area (Å²) < 4.78 is 5.12. The largest absolute Gasteiger partial charge is 0.507 e. The van der Waals surface area contributed by atoms with Crippen molar-refractivity contribution in [3.8, 4) is 11.5 Å². The molecule has 1 amide bonds. The third kappa shape index (κ3) is 3.06. The van der Waals surface area contributed by atoms with E-state index in [1.807, 2.05) is 30.3 Å². The fourth-order valence-corrected chi connectivity index (χ4v) is 2.61. The summed E-state index contributed by atoms with van der Waals surface area (Å²) in [6.45, 7) is 0. The molecule has 0 spiro atoms. The van der Waals surface area contributed by atoms with Crippen molar-refractivity contribution < 1.29 is 14.6 Å². The lowest BCUT2D eigenvalue weighted by Gasteiger charge is -2.19. The lowest BCUT2D eigenvalue weighted by molar-refractivity contribution is 0.0928. The van der Waals surface area contributed by atoms with Crippen molar-refractivity contribution in [1.82, 2.24) is 5.32 Å². The molecular formula is C18H19NO3. The summed E-state index contributed by atoms with van der Waals surface area (Å²) >= 11 is 0. The third-order valence-corrected chi connectivity index (χ3v) is 3.99. The molecule has 114 valence electrons. The number of benzene rings is 2. The molecule has 0 radical (unpaired) electrons. The number of ether oxygens (including phenoxy) is 1. The molecule has 0 saturated heterocycles. The number of amides is 1. The standard InChI is InChI=1S/C18H19NO3/c1-22-14-9-10-16(20)15(11-14)18(21)19-17(13-7-8-13)12-5-3-2-4-6-12/h2-6,9-11,13,17,20H,7-8H2,1H3,(H,19,21). The molecule has 22 heavy (non-hydrogen) atoms. The highest BCUT2D eigenvalue weighted by Crippen LogP contribution is 2.41. The maximum Gasteiger partial charge on any atom is 0.255 e. The smallest absolute Gasteiger partial charge is 0.255 e. The van der Waals surface area contributed by atoms with Crippen LogP contribution in [0.25, 0.3) is 0 Å². The number of methoxy groups -OCH3 is 1. The molecule has 3 rings (SSSR count). The van der Waals surface area contributed by atoms with Crippen molar-refractivity contribution in [3.05, 3.63) is 59.7 Å². The molecule has 1 fully saturated rings. The lowest BCUT2D eigenvalue weighted by atomic mass is 10.0. The molecule has 4 nitrogen and oxygen atoms in total. The monoisotopic (exact) mass is 297 g/mol. The first-order valence-corrected chi connectivity index (χ1v) is 7.42. The number of nitrogens with one attached hydrogen (secondary N) is 1. The van der Waals surface area contributed by atoms with Crippen LogP contribution in [-0.2, 0) is 0 Å². The number of carbonyl (C=O) groups excluding carboxylic acids is 1. The molecule has 0 bridgehead atoms. The van der Waals surface area contributed by atoms with Gasteiger partial charge in [-0.1, -0.05) is 30.3 Å². The Morgan fingerprint density at radius 2 is 1.95 bits per heavy atom. The molecule has 1 aliphatic rings. The Kier molecular flexibility index (Phi) is 4.00. The molecule has 4 heteroatoms. The van der Waals surface area contributed by atoms with Gasteiger partial charge in [-0.05, 0) is 42.5 Å². The highest BCUT2D eigenvalue weighted by molar-refractivity contribution is 5.97. The Bertz CT molecular complexity index is 665.